The van der Waals surface area contributed by atoms with E-state index in [0.717, 1.165) is 0 Å². The van der Waals surface area contributed by atoms with E-state index in [1.165, 1.54) is 22.9 Å². The molecule has 0 aromatic carbocycles. The third kappa shape index (κ3) is 5.36. The van der Waals surface area contributed by atoms with Crippen molar-refractivity contribution < 1.29 is 31.1 Å². The van der Waals surface area contributed by atoms with Gasteiger partial charge >= 0.3 is 12.3 Å². The van der Waals surface area contributed by atoms with Crippen molar-refractivity contribution in [1.82, 2.24) is 29.2 Å². The maximum atomic E-state index is 13.3. The maximum absolute atomic E-state index is 13.3. The van der Waals surface area contributed by atoms with Crippen molar-refractivity contribution in [3.8, 4) is 16.9 Å². The third-order valence-corrected chi connectivity index (χ3v) is 8.74. The number of aromatic nitrogens is 4. The molecule has 17 heteroatoms. The van der Waals surface area contributed by atoms with Crippen molar-refractivity contribution in [2.24, 2.45) is 0 Å². The average Bonchev–Trinajstić information content (AvgIpc) is 3.26. The molecule has 3 aromatic rings. The number of halogens is 3. The van der Waals surface area contributed by atoms with Gasteiger partial charge in [0.05, 0.1) is 29.6 Å². The Bertz CT molecular complexity index is 1570. The predicted molar refractivity (Wildman–Crippen MR) is 132 cm³/mol. The number of amides is 1. The highest BCUT2D eigenvalue weighted by molar-refractivity contribution is 7.89. The lowest BCUT2D eigenvalue weighted by atomic mass is 10.2. The SMILES string of the molecule is CC(C)OC(=O)N1CCN(c2cc(S(=O)(=O)NC3(C#N)CC3)cn3c(-c4nnc(C(F)(F)F)s4)ncc23)CC1. The maximum Gasteiger partial charge on any atom is 0.445 e. The van der Waals surface area contributed by atoms with Crippen LogP contribution in [-0.2, 0) is 20.9 Å². The summed E-state index contributed by atoms with van der Waals surface area (Å²) in [5, 5.41) is 14.9. The smallest absolute Gasteiger partial charge is 0.445 e. The Kier molecular flexibility index (Phi) is 6.67. The van der Waals surface area contributed by atoms with E-state index in [1.807, 2.05) is 11.0 Å². The Morgan fingerprint density at radius 1 is 1.23 bits per heavy atom. The molecule has 0 bridgehead atoms. The van der Waals surface area contributed by atoms with Gasteiger partial charge in [-0.1, -0.05) is 11.3 Å². The first-order valence-electron chi connectivity index (χ1n) is 11.9. The van der Waals surface area contributed by atoms with Crippen LogP contribution in [-0.4, -0.2) is 76.8 Å². The zero-order valence-electron chi connectivity index (χ0n) is 20.8. The van der Waals surface area contributed by atoms with Gasteiger partial charge in [-0.05, 0) is 32.8 Å². The van der Waals surface area contributed by atoms with Gasteiger partial charge in [-0.15, -0.1) is 10.2 Å². The number of rotatable bonds is 6. The second-order valence-corrected chi connectivity index (χ2v) is 12.2. The Labute approximate surface area is 225 Å². The van der Waals surface area contributed by atoms with E-state index in [4.69, 9.17) is 4.74 Å². The molecule has 0 radical (unpaired) electrons. The molecule has 1 amide bonds. The highest BCUT2D eigenvalue weighted by Gasteiger charge is 2.47. The molecule has 1 saturated carbocycles. The van der Waals surface area contributed by atoms with Gasteiger partial charge in [0.15, 0.2) is 10.8 Å². The zero-order valence-corrected chi connectivity index (χ0v) is 22.4. The molecule has 1 aliphatic carbocycles. The fourth-order valence-electron chi connectivity index (χ4n) is 4.12. The van der Waals surface area contributed by atoms with Crippen molar-refractivity contribution in [3.05, 3.63) is 23.5 Å². The van der Waals surface area contributed by atoms with Crippen molar-refractivity contribution in [3.63, 3.8) is 0 Å². The fraction of sp³-hybridized carbons (Fsp3) is 0.500. The summed E-state index contributed by atoms with van der Waals surface area (Å²) in [5.41, 5.74) is -0.321. The van der Waals surface area contributed by atoms with Crippen LogP contribution in [0.3, 0.4) is 0 Å². The molecule has 1 aliphatic heterocycles. The summed E-state index contributed by atoms with van der Waals surface area (Å²) in [6.07, 6.45) is -2.04. The lowest BCUT2D eigenvalue weighted by molar-refractivity contribution is -0.138. The summed E-state index contributed by atoms with van der Waals surface area (Å²) < 4.78 is 75.2. The van der Waals surface area contributed by atoms with E-state index in [1.54, 1.807) is 18.7 Å². The molecular weight excluding hydrogens is 561 g/mol. The molecule has 0 unspecified atom stereocenters. The van der Waals surface area contributed by atoms with Gasteiger partial charge in [-0.3, -0.25) is 4.40 Å². The number of sulfonamides is 1. The quantitative estimate of drug-likeness (QED) is 0.462. The summed E-state index contributed by atoms with van der Waals surface area (Å²) in [6, 6.07) is 3.41. The minimum absolute atomic E-state index is 0.0168. The molecule has 208 valence electrons. The van der Waals surface area contributed by atoms with E-state index in [-0.39, 0.29) is 33.2 Å². The van der Waals surface area contributed by atoms with Crippen LogP contribution in [0.5, 0.6) is 0 Å². The van der Waals surface area contributed by atoms with Gasteiger partial charge in [-0.2, -0.15) is 23.2 Å². The molecule has 39 heavy (non-hydrogen) atoms. The van der Waals surface area contributed by atoms with Crippen LogP contribution in [0, 0.1) is 11.3 Å². The molecule has 3 aromatic heterocycles. The second kappa shape index (κ2) is 9.61. The molecule has 1 N–H and O–H groups in total. The van der Waals surface area contributed by atoms with Crippen LogP contribution in [0.25, 0.3) is 16.3 Å². The molecule has 1 saturated heterocycles. The zero-order chi connectivity index (χ0) is 28.2. The number of carbonyl (C=O) groups excluding carboxylic acids is 1. The topological polar surface area (TPSA) is 146 Å². The predicted octanol–water partition coefficient (Wildman–Crippen LogP) is 2.87. The van der Waals surface area contributed by atoms with Crippen molar-refractivity contribution in [2.45, 2.75) is 49.4 Å². The Morgan fingerprint density at radius 2 is 1.92 bits per heavy atom. The second-order valence-electron chi connectivity index (χ2n) is 9.51. The number of carbonyl (C=O) groups is 1. The molecule has 4 heterocycles. The van der Waals surface area contributed by atoms with E-state index in [9.17, 15) is 31.6 Å². The highest BCUT2D eigenvalue weighted by atomic mass is 32.2. The average molecular weight is 585 g/mol. The molecular formula is C22H23F3N8O4S2. The summed E-state index contributed by atoms with van der Waals surface area (Å²) in [6.45, 7) is 4.76. The number of hydrogen-bond donors (Lipinski definition) is 1. The molecule has 5 rings (SSSR count). The standard InChI is InChI=1S/C22H23F3N8O4S2/c1-13(2)37-20(34)32-7-5-31(6-8-32)15-9-14(39(35,36)30-21(12-26)3-4-21)11-33-16(15)10-27-17(33)18-28-29-19(38-18)22(23,24)25/h9-11,13,30H,3-8H2,1-2H3. The number of nitrogens with zero attached hydrogens (tertiary/aromatic N) is 7. The van der Waals surface area contributed by atoms with Crippen LogP contribution in [0.4, 0.5) is 23.7 Å². The van der Waals surface area contributed by atoms with Crippen LogP contribution >= 0.6 is 11.3 Å². The molecule has 12 nitrogen and oxygen atoms in total. The van der Waals surface area contributed by atoms with E-state index in [0.29, 0.717) is 50.2 Å². The third-order valence-electron chi connectivity index (χ3n) is 6.27. The molecule has 2 fully saturated rings. The Morgan fingerprint density at radius 3 is 2.49 bits per heavy atom. The monoisotopic (exact) mass is 584 g/mol. The van der Waals surface area contributed by atoms with Gasteiger partial charge in [0.2, 0.25) is 15.0 Å². The van der Waals surface area contributed by atoms with Crippen LogP contribution in [0.2, 0.25) is 0 Å². The number of nitriles is 1. The minimum Gasteiger partial charge on any atom is -0.447 e. The molecule has 2 aliphatic rings. The minimum atomic E-state index is -4.70. The van der Waals surface area contributed by atoms with Gasteiger partial charge < -0.3 is 14.5 Å². The van der Waals surface area contributed by atoms with E-state index >= 15 is 0 Å². The van der Waals surface area contributed by atoms with Crippen LogP contribution in [0.1, 0.15) is 31.7 Å². The number of imidazole rings is 1. The Hall–Kier alpha value is -3.49. The first kappa shape index (κ1) is 27.1. The van der Waals surface area contributed by atoms with Crippen molar-refractivity contribution in [2.75, 3.05) is 31.1 Å². The highest BCUT2D eigenvalue weighted by Crippen LogP contribution is 2.38. The number of pyridine rings is 1. The number of piperazine rings is 1. The van der Waals surface area contributed by atoms with Crippen molar-refractivity contribution in [1.29, 1.82) is 5.26 Å². The number of nitrogens with one attached hydrogen (secondary N) is 1. The summed E-state index contributed by atoms with van der Waals surface area (Å²) >= 11 is 0.289. The van der Waals surface area contributed by atoms with Crippen molar-refractivity contribution >= 4 is 38.7 Å². The molecule has 0 atom stereocenters. The van der Waals surface area contributed by atoms with Gasteiger partial charge in [0.1, 0.15) is 10.4 Å². The Balaban J connectivity index is 1.55. The van der Waals surface area contributed by atoms with E-state index in [2.05, 4.69) is 19.9 Å². The number of alkyl halides is 3. The van der Waals surface area contributed by atoms with Gasteiger partial charge in [-0.25, -0.2) is 18.2 Å². The first-order chi connectivity index (χ1) is 18.3. The number of fused-ring (bicyclic) bond motifs is 1. The summed E-state index contributed by atoms with van der Waals surface area (Å²) in [7, 11) is -4.20. The first-order valence-corrected chi connectivity index (χ1v) is 14.2. The van der Waals surface area contributed by atoms with E-state index < -0.39 is 32.8 Å². The lowest BCUT2D eigenvalue weighted by Crippen LogP contribution is -2.49. The number of hydrogen-bond acceptors (Lipinski definition) is 10. The van der Waals surface area contributed by atoms with Gasteiger partial charge in [0, 0.05) is 32.4 Å². The normalized spacial score (nSPS) is 17.5. The largest absolute Gasteiger partial charge is 0.447 e. The number of anilines is 1. The van der Waals surface area contributed by atoms with Crippen LogP contribution in [0.15, 0.2) is 23.4 Å². The summed E-state index contributed by atoms with van der Waals surface area (Å²) in [5.74, 6) is -0.0168. The number of ether oxygens (including phenoxy) is 1. The van der Waals surface area contributed by atoms with Gasteiger partial charge in [0.25, 0.3) is 0 Å². The molecule has 0 spiro atoms. The fourth-order valence-corrected chi connectivity index (χ4v) is 6.22. The lowest BCUT2D eigenvalue weighted by Gasteiger charge is -2.36. The van der Waals surface area contributed by atoms with Crippen LogP contribution < -0.4 is 9.62 Å². The summed E-state index contributed by atoms with van der Waals surface area (Å²) in [4.78, 5) is 19.8.